The van der Waals surface area contributed by atoms with Crippen molar-refractivity contribution in [2.45, 2.75) is 41.5 Å². The van der Waals surface area contributed by atoms with Crippen LogP contribution in [0.15, 0.2) is 6.58 Å². The molecular formula is C20H21F9. The molecule has 0 N–H and O–H groups in total. The van der Waals surface area contributed by atoms with Gasteiger partial charge in [0.1, 0.15) is 0 Å². The van der Waals surface area contributed by atoms with Gasteiger partial charge in [-0.2, -0.15) is 0 Å². The maximum absolute atomic E-state index is 12.9. The fraction of sp³-hybridized carbons (Fsp3) is 0.300. The van der Waals surface area contributed by atoms with Gasteiger partial charge in [-0.25, -0.2) is 39.5 Å². The molecule has 0 aromatic heterocycles. The zero-order chi connectivity index (χ0) is 23.6. The predicted molar refractivity (Wildman–Crippen MR) is 94.8 cm³/mol. The minimum atomic E-state index is -2.13. The highest BCUT2D eigenvalue weighted by Crippen LogP contribution is 2.24. The average Bonchev–Trinajstić information content (AvgIpc) is 2.76. The number of hydrogen-bond donors (Lipinski definition) is 0. The van der Waals surface area contributed by atoms with E-state index in [9.17, 15) is 39.5 Å². The highest BCUT2D eigenvalue weighted by atomic mass is 19.2. The Morgan fingerprint density at radius 1 is 0.448 bits per heavy atom. The molecule has 0 saturated heterocycles. The summed E-state index contributed by atoms with van der Waals surface area (Å²) in [6.45, 7) is 12.8. The minimum absolute atomic E-state index is 0.666. The number of benzene rings is 2. The van der Waals surface area contributed by atoms with Crippen LogP contribution in [0.1, 0.15) is 44.4 Å². The van der Waals surface area contributed by atoms with Crippen molar-refractivity contribution in [3.63, 3.8) is 0 Å². The Hall–Kier alpha value is -2.45. The standard InChI is InChI=1S/C9H6F4.C7H3F5.2C2H6/c1-3-5-8(12)6(10)4(2)7(11)9(5)13;1-2-3(8)5(10)7(12)6(11)4(2)9;2*1-2/h3H,1H2,2H3;1H3;2*1-2H3. The Kier molecular flexibility index (Phi) is 12.8. The minimum Gasteiger partial charge on any atom is -0.203 e. The smallest absolute Gasteiger partial charge is 0.200 e. The van der Waals surface area contributed by atoms with Gasteiger partial charge in [0.25, 0.3) is 0 Å². The summed E-state index contributed by atoms with van der Waals surface area (Å²) in [6, 6.07) is 0. The first kappa shape index (κ1) is 28.8. The highest BCUT2D eigenvalue weighted by Gasteiger charge is 2.23. The predicted octanol–water partition coefficient (Wildman–Crippen LogP) is 7.94. The lowest BCUT2D eigenvalue weighted by atomic mass is 10.1. The van der Waals surface area contributed by atoms with Crippen LogP contribution in [0.4, 0.5) is 39.5 Å². The van der Waals surface area contributed by atoms with Crippen LogP contribution in [-0.4, -0.2) is 0 Å². The van der Waals surface area contributed by atoms with Gasteiger partial charge in [-0.15, -0.1) is 0 Å². The van der Waals surface area contributed by atoms with Gasteiger partial charge in [-0.3, -0.25) is 0 Å². The lowest BCUT2D eigenvalue weighted by molar-refractivity contribution is 0.373. The van der Waals surface area contributed by atoms with E-state index >= 15 is 0 Å². The summed E-state index contributed by atoms with van der Waals surface area (Å²) in [5.74, 6) is -15.1. The molecule has 164 valence electrons. The van der Waals surface area contributed by atoms with Gasteiger partial charge in [0.05, 0.1) is 5.56 Å². The van der Waals surface area contributed by atoms with Crippen LogP contribution in [-0.2, 0) is 0 Å². The largest absolute Gasteiger partial charge is 0.203 e. The molecule has 0 saturated carbocycles. The molecule has 0 fully saturated rings. The fourth-order valence-corrected chi connectivity index (χ4v) is 1.65. The summed E-state index contributed by atoms with van der Waals surface area (Å²) in [4.78, 5) is 0. The van der Waals surface area contributed by atoms with Crippen molar-refractivity contribution in [3.05, 3.63) is 75.6 Å². The average molecular weight is 432 g/mol. The van der Waals surface area contributed by atoms with Gasteiger partial charge < -0.3 is 0 Å². The van der Waals surface area contributed by atoms with Crippen molar-refractivity contribution < 1.29 is 39.5 Å². The third-order valence-corrected chi connectivity index (χ3v) is 3.15. The molecule has 0 unspecified atom stereocenters. The van der Waals surface area contributed by atoms with Crippen molar-refractivity contribution in [1.29, 1.82) is 0 Å². The Morgan fingerprint density at radius 2 is 0.655 bits per heavy atom. The molecule has 0 aliphatic heterocycles. The zero-order valence-corrected chi connectivity index (χ0v) is 16.7. The molecule has 0 atom stereocenters. The highest BCUT2D eigenvalue weighted by molar-refractivity contribution is 5.50. The van der Waals surface area contributed by atoms with Crippen LogP contribution >= 0.6 is 0 Å². The van der Waals surface area contributed by atoms with Crippen LogP contribution in [0.3, 0.4) is 0 Å². The molecule has 2 rings (SSSR count). The van der Waals surface area contributed by atoms with E-state index in [4.69, 9.17) is 0 Å². The van der Waals surface area contributed by atoms with Crippen molar-refractivity contribution in [2.75, 3.05) is 0 Å². The first-order valence-corrected chi connectivity index (χ1v) is 8.40. The Morgan fingerprint density at radius 3 is 0.897 bits per heavy atom. The second-order valence-corrected chi connectivity index (χ2v) is 4.69. The van der Waals surface area contributed by atoms with Crippen LogP contribution in [0.2, 0.25) is 0 Å². The molecule has 0 aliphatic rings. The van der Waals surface area contributed by atoms with Crippen LogP contribution < -0.4 is 0 Å². The van der Waals surface area contributed by atoms with E-state index in [0.717, 1.165) is 19.9 Å². The van der Waals surface area contributed by atoms with Gasteiger partial charge in [-0.05, 0) is 13.8 Å². The maximum atomic E-state index is 12.9. The first-order valence-electron chi connectivity index (χ1n) is 8.40. The second kappa shape index (κ2) is 12.9. The molecule has 0 nitrogen and oxygen atoms in total. The van der Waals surface area contributed by atoms with E-state index in [1.54, 1.807) is 0 Å². The molecule has 0 radical (unpaired) electrons. The van der Waals surface area contributed by atoms with E-state index in [-0.39, 0.29) is 0 Å². The van der Waals surface area contributed by atoms with Crippen molar-refractivity contribution in [1.82, 2.24) is 0 Å². The molecule has 29 heavy (non-hydrogen) atoms. The molecule has 0 heterocycles. The topological polar surface area (TPSA) is 0 Å². The SMILES string of the molecule is C=Cc1c(F)c(F)c(C)c(F)c1F.CC.CC.Cc1c(F)c(F)c(F)c(F)c1F. The quantitative estimate of drug-likeness (QED) is 0.244. The summed E-state index contributed by atoms with van der Waals surface area (Å²) in [7, 11) is 0. The van der Waals surface area contributed by atoms with Gasteiger partial charge in [0.2, 0.25) is 5.82 Å². The Balaban J connectivity index is 0. The Labute approximate surface area is 163 Å². The van der Waals surface area contributed by atoms with Crippen molar-refractivity contribution >= 4 is 6.08 Å². The van der Waals surface area contributed by atoms with Gasteiger partial charge in [0, 0.05) is 11.1 Å². The second-order valence-electron chi connectivity index (χ2n) is 4.69. The van der Waals surface area contributed by atoms with Crippen LogP contribution in [0, 0.1) is 66.2 Å². The number of halogens is 9. The summed E-state index contributed by atoms with van der Waals surface area (Å²) >= 11 is 0. The third kappa shape index (κ3) is 6.27. The summed E-state index contributed by atoms with van der Waals surface area (Å²) in [5, 5.41) is 0. The molecular weight excluding hydrogens is 411 g/mol. The van der Waals surface area contributed by atoms with Crippen molar-refractivity contribution in [2.24, 2.45) is 0 Å². The van der Waals surface area contributed by atoms with E-state index < -0.39 is 69.0 Å². The summed E-state index contributed by atoms with van der Waals surface area (Å²) in [5.41, 5.74) is -2.31. The van der Waals surface area contributed by atoms with Gasteiger partial charge in [0.15, 0.2) is 46.5 Å². The molecule has 0 amide bonds. The van der Waals surface area contributed by atoms with Gasteiger partial charge in [-0.1, -0.05) is 40.3 Å². The molecule has 0 aliphatic carbocycles. The lowest BCUT2D eigenvalue weighted by Gasteiger charge is -2.05. The molecule has 2 aromatic rings. The molecule has 9 heteroatoms. The summed E-state index contributed by atoms with van der Waals surface area (Å²) < 4.78 is 113. The number of rotatable bonds is 1. The van der Waals surface area contributed by atoms with E-state index in [0.29, 0.717) is 0 Å². The molecule has 0 bridgehead atoms. The maximum Gasteiger partial charge on any atom is 0.200 e. The van der Waals surface area contributed by atoms with Crippen LogP contribution in [0.5, 0.6) is 0 Å². The van der Waals surface area contributed by atoms with E-state index in [2.05, 4.69) is 6.58 Å². The van der Waals surface area contributed by atoms with E-state index in [1.165, 1.54) is 0 Å². The van der Waals surface area contributed by atoms with Crippen LogP contribution in [0.25, 0.3) is 6.08 Å². The Bertz CT molecular complexity index is 709. The normalized spacial score (nSPS) is 9.34. The number of hydrogen-bond acceptors (Lipinski definition) is 0. The summed E-state index contributed by atoms with van der Waals surface area (Å²) in [6.07, 6.45) is 0.732. The zero-order valence-electron chi connectivity index (χ0n) is 16.7. The van der Waals surface area contributed by atoms with E-state index in [1.807, 2.05) is 27.7 Å². The lowest BCUT2D eigenvalue weighted by Crippen LogP contribution is -2.03. The molecule has 0 spiro atoms. The monoisotopic (exact) mass is 432 g/mol. The van der Waals surface area contributed by atoms with Crippen molar-refractivity contribution in [3.8, 4) is 0 Å². The van der Waals surface area contributed by atoms with Gasteiger partial charge >= 0.3 is 0 Å². The fourth-order valence-electron chi connectivity index (χ4n) is 1.65. The third-order valence-electron chi connectivity index (χ3n) is 3.15. The molecule has 2 aromatic carbocycles. The first-order chi connectivity index (χ1) is 13.5.